The number of aliphatic hydroxyl groups excluding tert-OH is 1. The lowest BCUT2D eigenvalue weighted by atomic mass is 10.1. The molecule has 8 heteroatoms. The van der Waals surface area contributed by atoms with E-state index in [1.807, 2.05) is 26.2 Å². The van der Waals surface area contributed by atoms with Crippen LogP contribution in [-0.2, 0) is 0 Å². The van der Waals surface area contributed by atoms with Crippen LogP contribution in [0.15, 0.2) is 48.7 Å². The Morgan fingerprint density at radius 2 is 1.81 bits per heavy atom. The summed E-state index contributed by atoms with van der Waals surface area (Å²) in [6.45, 7) is 0.856. The van der Waals surface area contributed by atoms with Crippen molar-refractivity contribution < 1.29 is 25.0 Å². The summed E-state index contributed by atoms with van der Waals surface area (Å²) in [5.41, 5.74) is 2.01. The van der Waals surface area contributed by atoms with E-state index >= 15 is 0 Å². The number of aliphatic hydroxyl groups is 1. The monoisotopic (exact) mass is 371 g/mol. The summed E-state index contributed by atoms with van der Waals surface area (Å²) in [7, 11) is 3.95. The number of benzene rings is 2. The fraction of sp³-hybridized carbons (Fsp3) is 0.263. The molecule has 0 radical (unpaired) electrons. The fourth-order valence-electron chi connectivity index (χ4n) is 2.62. The highest BCUT2D eigenvalue weighted by molar-refractivity contribution is 5.62. The van der Waals surface area contributed by atoms with Crippen molar-refractivity contribution in [3.63, 3.8) is 0 Å². The Bertz CT molecular complexity index is 893. The molecule has 1 aromatic heterocycles. The van der Waals surface area contributed by atoms with Crippen LogP contribution in [-0.4, -0.2) is 63.7 Å². The van der Waals surface area contributed by atoms with Crippen molar-refractivity contribution >= 4 is 0 Å². The summed E-state index contributed by atoms with van der Waals surface area (Å²) >= 11 is 0. The van der Waals surface area contributed by atoms with E-state index in [0.717, 1.165) is 10.6 Å². The van der Waals surface area contributed by atoms with Gasteiger partial charge < -0.3 is 25.0 Å². The molecule has 142 valence electrons. The van der Waals surface area contributed by atoms with Gasteiger partial charge >= 0.3 is 0 Å². The second-order valence-electron chi connectivity index (χ2n) is 6.62. The number of aromatic hydroxyl groups is 2. The standard InChI is InChI=1S/C19H22N4O4/c1-22(2)10-15(24)12-27-16-6-4-14(5-7-16)23-11-17(20-21-23)13-3-8-18(25)19(26)9-13/h3-9,11,15,24-26H,10,12H2,1-2H3/p+1. The molecule has 0 aliphatic heterocycles. The van der Waals surface area contributed by atoms with Gasteiger partial charge in [-0.05, 0) is 42.5 Å². The predicted molar refractivity (Wildman–Crippen MR) is 99.3 cm³/mol. The summed E-state index contributed by atoms with van der Waals surface area (Å²) in [4.78, 5) is 1.16. The van der Waals surface area contributed by atoms with Crippen molar-refractivity contribution in [2.45, 2.75) is 6.10 Å². The molecule has 0 saturated carbocycles. The summed E-state index contributed by atoms with van der Waals surface area (Å²) in [6.07, 6.45) is 1.21. The van der Waals surface area contributed by atoms with E-state index in [2.05, 4.69) is 10.3 Å². The molecular weight excluding hydrogens is 348 g/mol. The van der Waals surface area contributed by atoms with Crippen LogP contribution in [0.4, 0.5) is 0 Å². The molecule has 2 aromatic carbocycles. The van der Waals surface area contributed by atoms with Crippen molar-refractivity contribution in [1.29, 1.82) is 0 Å². The molecule has 0 aliphatic carbocycles. The van der Waals surface area contributed by atoms with Crippen LogP contribution in [0.5, 0.6) is 17.2 Å². The van der Waals surface area contributed by atoms with Gasteiger partial charge in [-0.15, -0.1) is 5.10 Å². The number of hydrogen-bond acceptors (Lipinski definition) is 6. The SMILES string of the molecule is C[NH+](C)CC(O)COc1ccc(-n2cc(-c3ccc(O)c(O)c3)nn2)cc1. The van der Waals surface area contributed by atoms with Gasteiger partial charge in [-0.25, -0.2) is 4.68 Å². The van der Waals surface area contributed by atoms with E-state index < -0.39 is 6.10 Å². The quantitative estimate of drug-likeness (QED) is 0.443. The van der Waals surface area contributed by atoms with Crippen LogP contribution in [0.2, 0.25) is 0 Å². The first kappa shape index (κ1) is 18.7. The Morgan fingerprint density at radius 3 is 2.48 bits per heavy atom. The maximum atomic E-state index is 9.86. The fourth-order valence-corrected chi connectivity index (χ4v) is 2.62. The van der Waals surface area contributed by atoms with E-state index in [-0.39, 0.29) is 18.1 Å². The Kier molecular flexibility index (Phi) is 5.58. The van der Waals surface area contributed by atoms with Gasteiger partial charge in [0.15, 0.2) is 11.5 Å². The van der Waals surface area contributed by atoms with E-state index in [1.165, 1.54) is 12.1 Å². The molecule has 3 aromatic rings. The first-order chi connectivity index (χ1) is 12.9. The molecule has 0 saturated heterocycles. The average molecular weight is 371 g/mol. The highest BCUT2D eigenvalue weighted by Crippen LogP contribution is 2.29. The van der Waals surface area contributed by atoms with Crippen LogP contribution in [0.1, 0.15) is 0 Å². The number of likely N-dealkylation sites (N-methyl/N-ethyl adjacent to an activating group) is 1. The Morgan fingerprint density at radius 1 is 1.07 bits per heavy atom. The minimum absolute atomic E-state index is 0.182. The number of nitrogens with zero attached hydrogens (tertiary/aromatic N) is 3. The highest BCUT2D eigenvalue weighted by atomic mass is 16.5. The maximum absolute atomic E-state index is 9.86. The van der Waals surface area contributed by atoms with Crippen molar-refractivity contribution in [1.82, 2.24) is 15.0 Å². The zero-order valence-corrected chi connectivity index (χ0v) is 15.2. The van der Waals surface area contributed by atoms with Crippen molar-refractivity contribution in [2.24, 2.45) is 0 Å². The molecule has 1 heterocycles. The van der Waals surface area contributed by atoms with Crippen molar-refractivity contribution in [2.75, 3.05) is 27.2 Å². The van der Waals surface area contributed by atoms with Gasteiger partial charge in [-0.3, -0.25) is 0 Å². The molecule has 1 unspecified atom stereocenters. The Balaban J connectivity index is 1.67. The number of nitrogens with one attached hydrogen (secondary N) is 1. The number of aromatic nitrogens is 3. The van der Waals surface area contributed by atoms with Gasteiger partial charge in [0.2, 0.25) is 0 Å². The van der Waals surface area contributed by atoms with Gasteiger partial charge in [-0.2, -0.15) is 0 Å². The zero-order valence-electron chi connectivity index (χ0n) is 15.2. The molecule has 0 bridgehead atoms. The molecule has 1 atom stereocenters. The van der Waals surface area contributed by atoms with Crippen molar-refractivity contribution in [3.8, 4) is 34.2 Å². The molecule has 4 N–H and O–H groups in total. The molecule has 0 aliphatic rings. The largest absolute Gasteiger partial charge is 0.504 e. The lowest BCUT2D eigenvalue weighted by molar-refractivity contribution is -0.861. The van der Waals surface area contributed by atoms with Gasteiger partial charge in [0.25, 0.3) is 0 Å². The predicted octanol–water partition coefficient (Wildman–Crippen LogP) is 0.230. The molecule has 8 nitrogen and oxygen atoms in total. The summed E-state index contributed by atoms with van der Waals surface area (Å²) in [5, 5.41) is 37.1. The van der Waals surface area contributed by atoms with Gasteiger partial charge in [0.1, 0.15) is 30.7 Å². The minimum atomic E-state index is -0.519. The topological polar surface area (TPSA) is 105 Å². The third kappa shape index (κ3) is 4.75. The second-order valence-corrected chi connectivity index (χ2v) is 6.62. The van der Waals surface area contributed by atoms with Gasteiger partial charge in [0.05, 0.1) is 26.0 Å². The van der Waals surface area contributed by atoms with E-state index in [1.54, 1.807) is 29.1 Å². The Hall–Kier alpha value is -3.10. The Labute approximate surface area is 156 Å². The number of quaternary nitrogens is 1. The third-order valence-electron chi connectivity index (χ3n) is 3.95. The molecular formula is C19H23N4O4+. The highest BCUT2D eigenvalue weighted by Gasteiger charge is 2.10. The van der Waals surface area contributed by atoms with Crippen molar-refractivity contribution in [3.05, 3.63) is 48.7 Å². The number of rotatable bonds is 7. The normalized spacial score (nSPS) is 12.3. The minimum Gasteiger partial charge on any atom is -0.504 e. The first-order valence-corrected chi connectivity index (χ1v) is 8.57. The van der Waals surface area contributed by atoms with E-state index in [9.17, 15) is 15.3 Å². The first-order valence-electron chi connectivity index (χ1n) is 8.57. The summed E-state index contributed by atoms with van der Waals surface area (Å²) < 4.78 is 7.20. The molecule has 27 heavy (non-hydrogen) atoms. The molecule has 0 spiro atoms. The number of ether oxygens (including phenoxy) is 1. The molecule has 3 rings (SSSR count). The number of phenolic OH excluding ortho intramolecular Hbond substituents is 2. The molecule has 0 fully saturated rings. The molecule has 0 amide bonds. The second kappa shape index (κ2) is 8.07. The third-order valence-corrected chi connectivity index (χ3v) is 3.95. The summed E-state index contributed by atoms with van der Waals surface area (Å²) in [6, 6.07) is 11.8. The van der Waals surface area contributed by atoms with Crippen LogP contribution >= 0.6 is 0 Å². The zero-order chi connectivity index (χ0) is 19.4. The number of phenols is 2. The average Bonchev–Trinajstić information content (AvgIpc) is 3.12. The number of hydrogen-bond donors (Lipinski definition) is 4. The summed E-state index contributed by atoms with van der Waals surface area (Å²) in [5.74, 6) is 0.274. The maximum Gasteiger partial charge on any atom is 0.158 e. The lowest BCUT2D eigenvalue weighted by Crippen LogP contribution is -3.07. The van der Waals surface area contributed by atoms with Crippen LogP contribution < -0.4 is 9.64 Å². The van der Waals surface area contributed by atoms with Crippen LogP contribution in [0, 0.1) is 0 Å². The van der Waals surface area contributed by atoms with E-state index in [0.29, 0.717) is 23.6 Å². The van der Waals surface area contributed by atoms with E-state index in [4.69, 9.17) is 4.74 Å². The van der Waals surface area contributed by atoms with Gasteiger partial charge in [-0.1, -0.05) is 5.21 Å². The van der Waals surface area contributed by atoms with Crippen LogP contribution in [0.3, 0.4) is 0 Å². The van der Waals surface area contributed by atoms with Crippen LogP contribution in [0.25, 0.3) is 16.9 Å². The van der Waals surface area contributed by atoms with Gasteiger partial charge in [0, 0.05) is 5.56 Å². The smallest absolute Gasteiger partial charge is 0.158 e. The lowest BCUT2D eigenvalue weighted by Gasteiger charge is -2.14.